The number of aryl methyl sites for hydroxylation is 1. The van der Waals surface area contributed by atoms with Crippen molar-refractivity contribution in [3.8, 4) is 0 Å². The minimum absolute atomic E-state index is 0.00725. The fourth-order valence-corrected chi connectivity index (χ4v) is 3.51. The summed E-state index contributed by atoms with van der Waals surface area (Å²) in [7, 11) is 0. The molecular formula is C18H19N5O2. The minimum Gasteiger partial charge on any atom is -0.363 e. The SMILES string of the molecule is Cc1cc(CN2CCCC2c2nc(C(N)=O)no2)c2ccccc2n1. The molecule has 2 aromatic heterocycles. The van der Waals surface area contributed by atoms with Gasteiger partial charge in [0.1, 0.15) is 0 Å². The fraction of sp³-hybridized carbons (Fsp3) is 0.333. The molecule has 7 nitrogen and oxygen atoms in total. The molecule has 1 aliphatic rings. The number of nitrogens with zero attached hydrogens (tertiary/aromatic N) is 4. The standard InChI is InChI=1S/C18H19N5O2/c1-11-9-12(13-5-2-3-6-14(13)20-11)10-23-8-4-7-15(23)18-21-17(16(19)24)22-25-18/h2-3,5-6,9,15H,4,7-8,10H2,1H3,(H2,19,24). The normalized spacial score (nSPS) is 18.0. The van der Waals surface area contributed by atoms with Gasteiger partial charge >= 0.3 is 0 Å². The minimum atomic E-state index is -0.671. The number of benzene rings is 1. The molecule has 0 aliphatic carbocycles. The molecule has 1 saturated heterocycles. The van der Waals surface area contributed by atoms with E-state index in [0.29, 0.717) is 5.89 Å². The predicted octanol–water partition coefficient (Wildman–Crippen LogP) is 2.36. The molecular weight excluding hydrogens is 318 g/mol. The molecule has 7 heteroatoms. The number of rotatable bonds is 4. The highest BCUT2D eigenvalue weighted by Gasteiger charge is 2.31. The number of likely N-dealkylation sites (tertiary alicyclic amines) is 1. The summed E-state index contributed by atoms with van der Waals surface area (Å²) in [5.74, 6) is -0.274. The Morgan fingerprint density at radius 2 is 2.20 bits per heavy atom. The first-order valence-corrected chi connectivity index (χ1v) is 8.34. The maximum absolute atomic E-state index is 11.2. The molecule has 0 spiro atoms. The molecule has 1 atom stereocenters. The van der Waals surface area contributed by atoms with Crippen LogP contribution in [0.2, 0.25) is 0 Å². The zero-order valence-electron chi connectivity index (χ0n) is 14.0. The Hall–Kier alpha value is -2.80. The first-order chi connectivity index (χ1) is 12.1. The molecule has 25 heavy (non-hydrogen) atoms. The van der Waals surface area contributed by atoms with Crippen molar-refractivity contribution in [2.24, 2.45) is 5.73 Å². The molecule has 4 rings (SSSR count). The van der Waals surface area contributed by atoms with E-state index in [9.17, 15) is 4.79 Å². The van der Waals surface area contributed by atoms with E-state index in [1.807, 2.05) is 25.1 Å². The van der Waals surface area contributed by atoms with Crippen LogP contribution in [0.1, 0.15) is 46.7 Å². The molecule has 2 N–H and O–H groups in total. The third-order valence-electron chi connectivity index (χ3n) is 4.61. The number of hydrogen-bond acceptors (Lipinski definition) is 6. The number of hydrogen-bond donors (Lipinski definition) is 1. The number of aromatic nitrogens is 3. The Kier molecular flexibility index (Phi) is 3.93. The zero-order chi connectivity index (χ0) is 17.4. The van der Waals surface area contributed by atoms with E-state index in [0.717, 1.165) is 42.5 Å². The quantitative estimate of drug-likeness (QED) is 0.785. The average Bonchev–Trinajstić information content (AvgIpc) is 3.23. The highest BCUT2D eigenvalue weighted by atomic mass is 16.5. The molecule has 1 amide bonds. The summed E-state index contributed by atoms with van der Waals surface area (Å²) in [6.45, 7) is 3.71. The van der Waals surface area contributed by atoms with Crippen molar-refractivity contribution in [3.63, 3.8) is 0 Å². The van der Waals surface area contributed by atoms with Gasteiger partial charge in [0.05, 0.1) is 11.6 Å². The van der Waals surface area contributed by atoms with Gasteiger partial charge in [-0.15, -0.1) is 0 Å². The first kappa shape index (κ1) is 15.7. The second-order valence-electron chi connectivity index (χ2n) is 6.39. The van der Waals surface area contributed by atoms with Gasteiger partial charge in [-0.05, 0) is 44.0 Å². The Bertz CT molecular complexity index is 936. The van der Waals surface area contributed by atoms with Crippen LogP contribution in [0.15, 0.2) is 34.9 Å². The van der Waals surface area contributed by atoms with Crippen LogP contribution in [0.3, 0.4) is 0 Å². The summed E-state index contributed by atoms with van der Waals surface area (Å²) in [4.78, 5) is 22.3. The van der Waals surface area contributed by atoms with Gasteiger partial charge < -0.3 is 10.3 Å². The number of para-hydroxylation sites is 1. The molecule has 1 fully saturated rings. The van der Waals surface area contributed by atoms with E-state index in [4.69, 9.17) is 10.3 Å². The first-order valence-electron chi connectivity index (χ1n) is 8.34. The topological polar surface area (TPSA) is 98.1 Å². The van der Waals surface area contributed by atoms with Gasteiger partial charge in [-0.3, -0.25) is 14.7 Å². The number of primary amides is 1. The number of fused-ring (bicyclic) bond motifs is 1. The van der Waals surface area contributed by atoms with Crippen molar-refractivity contribution in [1.29, 1.82) is 0 Å². The number of carbonyl (C=O) groups excluding carboxylic acids is 1. The molecule has 3 aromatic rings. The van der Waals surface area contributed by atoms with Crippen molar-refractivity contribution in [3.05, 3.63) is 53.3 Å². The van der Waals surface area contributed by atoms with Crippen LogP contribution in [-0.4, -0.2) is 32.5 Å². The van der Waals surface area contributed by atoms with E-state index in [2.05, 4.69) is 32.2 Å². The smallest absolute Gasteiger partial charge is 0.290 e. The second kappa shape index (κ2) is 6.25. The van der Waals surface area contributed by atoms with Gasteiger partial charge in [0.25, 0.3) is 11.7 Å². The Morgan fingerprint density at radius 3 is 3.00 bits per heavy atom. The molecule has 1 unspecified atom stereocenters. The van der Waals surface area contributed by atoms with Crippen LogP contribution in [0, 0.1) is 6.92 Å². The number of amides is 1. The van der Waals surface area contributed by atoms with Gasteiger partial charge in [-0.1, -0.05) is 23.4 Å². The van der Waals surface area contributed by atoms with Gasteiger partial charge in [0, 0.05) is 17.6 Å². The van der Waals surface area contributed by atoms with E-state index >= 15 is 0 Å². The lowest BCUT2D eigenvalue weighted by Gasteiger charge is -2.22. The highest BCUT2D eigenvalue weighted by molar-refractivity contribution is 5.88. The summed E-state index contributed by atoms with van der Waals surface area (Å²) in [5, 5.41) is 4.82. The van der Waals surface area contributed by atoms with Crippen LogP contribution in [0.4, 0.5) is 0 Å². The Labute approximate surface area is 144 Å². The largest absolute Gasteiger partial charge is 0.363 e. The lowest BCUT2D eigenvalue weighted by Crippen LogP contribution is -2.23. The van der Waals surface area contributed by atoms with Crippen molar-refractivity contribution in [2.75, 3.05) is 6.54 Å². The van der Waals surface area contributed by atoms with Crippen molar-refractivity contribution in [2.45, 2.75) is 32.4 Å². The van der Waals surface area contributed by atoms with E-state index in [-0.39, 0.29) is 11.9 Å². The third-order valence-corrected chi connectivity index (χ3v) is 4.61. The van der Waals surface area contributed by atoms with Gasteiger partial charge in [-0.25, -0.2) is 0 Å². The van der Waals surface area contributed by atoms with Crippen LogP contribution >= 0.6 is 0 Å². The molecule has 0 radical (unpaired) electrons. The second-order valence-corrected chi connectivity index (χ2v) is 6.39. The number of carbonyl (C=O) groups is 1. The Morgan fingerprint density at radius 1 is 1.36 bits per heavy atom. The van der Waals surface area contributed by atoms with Gasteiger partial charge in [0.15, 0.2) is 0 Å². The monoisotopic (exact) mass is 337 g/mol. The Balaban J connectivity index is 1.64. The van der Waals surface area contributed by atoms with Crippen LogP contribution in [-0.2, 0) is 6.54 Å². The summed E-state index contributed by atoms with van der Waals surface area (Å²) in [6.07, 6.45) is 1.96. The lowest BCUT2D eigenvalue weighted by atomic mass is 10.1. The summed E-state index contributed by atoms with van der Waals surface area (Å²) in [6, 6.07) is 10.3. The van der Waals surface area contributed by atoms with Crippen LogP contribution in [0.5, 0.6) is 0 Å². The fourth-order valence-electron chi connectivity index (χ4n) is 3.51. The van der Waals surface area contributed by atoms with Crippen LogP contribution in [0.25, 0.3) is 10.9 Å². The van der Waals surface area contributed by atoms with Gasteiger partial charge in [-0.2, -0.15) is 4.98 Å². The van der Waals surface area contributed by atoms with Crippen LogP contribution < -0.4 is 5.73 Å². The molecule has 1 aliphatic heterocycles. The predicted molar refractivity (Wildman–Crippen MR) is 91.7 cm³/mol. The van der Waals surface area contributed by atoms with Crippen molar-refractivity contribution in [1.82, 2.24) is 20.0 Å². The van der Waals surface area contributed by atoms with E-state index < -0.39 is 5.91 Å². The molecule has 3 heterocycles. The molecule has 1 aromatic carbocycles. The summed E-state index contributed by atoms with van der Waals surface area (Å²) < 4.78 is 5.27. The third kappa shape index (κ3) is 2.98. The van der Waals surface area contributed by atoms with E-state index in [1.54, 1.807) is 0 Å². The average molecular weight is 337 g/mol. The zero-order valence-corrected chi connectivity index (χ0v) is 14.0. The van der Waals surface area contributed by atoms with Crippen molar-refractivity contribution < 1.29 is 9.32 Å². The maximum atomic E-state index is 11.2. The maximum Gasteiger partial charge on any atom is 0.290 e. The summed E-state index contributed by atoms with van der Waals surface area (Å²) >= 11 is 0. The number of nitrogens with two attached hydrogens (primary N) is 1. The van der Waals surface area contributed by atoms with E-state index in [1.165, 1.54) is 5.56 Å². The van der Waals surface area contributed by atoms with Gasteiger partial charge in [0.2, 0.25) is 5.89 Å². The molecule has 0 saturated carbocycles. The lowest BCUT2D eigenvalue weighted by molar-refractivity contribution is 0.0987. The molecule has 128 valence electrons. The molecule has 0 bridgehead atoms. The highest BCUT2D eigenvalue weighted by Crippen LogP contribution is 2.33. The number of pyridine rings is 1. The summed E-state index contributed by atoms with van der Waals surface area (Å²) in [5.41, 5.74) is 8.45. The van der Waals surface area contributed by atoms with Crippen molar-refractivity contribution >= 4 is 16.8 Å².